The lowest BCUT2D eigenvalue weighted by Gasteiger charge is -2.37. The van der Waals surface area contributed by atoms with Gasteiger partial charge in [-0.15, -0.1) is 0 Å². The highest BCUT2D eigenvalue weighted by Gasteiger charge is 2.77. The van der Waals surface area contributed by atoms with Crippen LogP contribution in [0.5, 0.6) is 0 Å². The average molecular weight is 635 g/mol. The number of halogens is 3. The lowest BCUT2D eigenvalue weighted by Crippen LogP contribution is -2.64. The molecule has 0 aromatic heterocycles. The molecule has 0 saturated carbocycles. The topological polar surface area (TPSA) is 114 Å². The van der Waals surface area contributed by atoms with Crippen LogP contribution in [0.4, 0.5) is 13.2 Å². The zero-order chi connectivity index (χ0) is 32.7. The normalized spacial score (nSPS) is 20.7. The number of alkyl halides is 3. The molecule has 236 valence electrons. The van der Waals surface area contributed by atoms with Crippen molar-refractivity contribution in [2.75, 3.05) is 6.61 Å². The molecule has 0 N–H and O–H groups in total. The standard InChI is InChI=1S/C34H25F3O9/c35-34(36,37)33(46-31(41)25-19-11-4-12-20-25)27(44-29(39)23-15-7-2-8-16-23)26(21-42-28(38)22-13-5-1-6-14-22)43-32(33)45-30(40)24-17-9-3-10-18-24/h1-20,26-27,32H,21H2/t26-,27-,32-,33-/m1/s1. The van der Waals surface area contributed by atoms with Gasteiger partial charge in [-0.1, -0.05) is 72.8 Å². The summed E-state index contributed by atoms with van der Waals surface area (Å²) in [5, 5.41) is 0. The molecule has 0 radical (unpaired) electrons. The van der Waals surface area contributed by atoms with E-state index in [2.05, 4.69) is 0 Å². The van der Waals surface area contributed by atoms with Gasteiger partial charge in [0.1, 0.15) is 12.7 Å². The molecule has 0 bridgehead atoms. The maximum atomic E-state index is 15.5. The van der Waals surface area contributed by atoms with Crippen LogP contribution in [-0.4, -0.2) is 60.8 Å². The smallest absolute Gasteiger partial charge is 0.438 e. The highest BCUT2D eigenvalue weighted by Crippen LogP contribution is 2.49. The molecular weight excluding hydrogens is 609 g/mol. The van der Waals surface area contributed by atoms with E-state index in [1.807, 2.05) is 0 Å². The fraction of sp³-hybridized carbons (Fsp3) is 0.176. The summed E-state index contributed by atoms with van der Waals surface area (Å²) in [7, 11) is 0. The Morgan fingerprint density at radius 2 is 0.978 bits per heavy atom. The minimum absolute atomic E-state index is 0.0722. The van der Waals surface area contributed by atoms with Gasteiger partial charge in [0.15, 0.2) is 6.10 Å². The average Bonchev–Trinajstić information content (AvgIpc) is 3.37. The first kappa shape index (κ1) is 31.9. The molecule has 9 nitrogen and oxygen atoms in total. The summed E-state index contributed by atoms with van der Waals surface area (Å²) in [6.45, 7) is -0.916. The van der Waals surface area contributed by atoms with Crippen LogP contribution in [0, 0.1) is 0 Å². The van der Waals surface area contributed by atoms with Crippen molar-refractivity contribution in [1.29, 1.82) is 0 Å². The highest BCUT2D eigenvalue weighted by atomic mass is 19.4. The van der Waals surface area contributed by atoms with Crippen molar-refractivity contribution < 1.29 is 56.0 Å². The van der Waals surface area contributed by atoms with Gasteiger partial charge in [0.05, 0.1) is 22.3 Å². The number of ether oxygens (including phenoxy) is 5. The van der Waals surface area contributed by atoms with Crippen LogP contribution in [0.3, 0.4) is 0 Å². The van der Waals surface area contributed by atoms with E-state index in [0.29, 0.717) is 0 Å². The number of rotatable bonds is 9. The Hall–Kier alpha value is -5.49. The van der Waals surface area contributed by atoms with E-state index in [1.54, 1.807) is 30.3 Å². The molecule has 1 aliphatic rings. The van der Waals surface area contributed by atoms with Gasteiger partial charge in [0.2, 0.25) is 0 Å². The zero-order valence-corrected chi connectivity index (χ0v) is 23.8. The van der Waals surface area contributed by atoms with Crippen molar-refractivity contribution in [3.63, 3.8) is 0 Å². The molecule has 0 amide bonds. The Morgan fingerprint density at radius 3 is 1.41 bits per heavy atom. The number of esters is 4. The van der Waals surface area contributed by atoms with Crippen molar-refractivity contribution in [3.8, 4) is 0 Å². The number of carbonyl (C=O) groups excluding carboxylic acids is 4. The Kier molecular flexibility index (Phi) is 9.47. The third-order valence-corrected chi connectivity index (χ3v) is 6.98. The summed E-state index contributed by atoms with van der Waals surface area (Å²) in [6, 6.07) is 28.4. The van der Waals surface area contributed by atoms with E-state index in [-0.39, 0.29) is 22.3 Å². The number of carbonyl (C=O) groups is 4. The molecule has 46 heavy (non-hydrogen) atoms. The molecule has 1 fully saturated rings. The first-order valence-corrected chi connectivity index (χ1v) is 13.8. The molecule has 5 rings (SSSR count). The van der Waals surface area contributed by atoms with Crippen molar-refractivity contribution in [2.45, 2.75) is 30.3 Å². The second kappa shape index (κ2) is 13.7. The predicted octanol–water partition coefficient (Wildman–Crippen LogP) is 5.81. The van der Waals surface area contributed by atoms with Gasteiger partial charge in [-0.2, -0.15) is 13.2 Å². The van der Waals surface area contributed by atoms with E-state index in [1.165, 1.54) is 91.0 Å². The molecule has 1 saturated heterocycles. The second-order valence-electron chi connectivity index (χ2n) is 9.98. The molecule has 0 spiro atoms. The Labute approximate surface area is 260 Å². The predicted molar refractivity (Wildman–Crippen MR) is 154 cm³/mol. The van der Waals surface area contributed by atoms with E-state index in [9.17, 15) is 19.2 Å². The molecule has 0 aliphatic carbocycles. The maximum Gasteiger partial charge on any atom is 0.438 e. The van der Waals surface area contributed by atoms with Gasteiger partial charge in [-0.3, -0.25) is 0 Å². The van der Waals surface area contributed by atoms with Gasteiger partial charge in [0, 0.05) is 0 Å². The van der Waals surface area contributed by atoms with Crippen LogP contribution in [0.15, 0.2) is 121 Å². The lowest BCUT2D eigenvalue weighted by molar-refractivity contribution is -0.318. The number of hydrogen-bond acceptors (Lipinski definition) is 9. The van der Waals surface area contributed by atoms with Crippen molar-refractivity contribution in [3.05, 3.63) is 144 Å². The molecular formula is C34H25F3O9. The summed E-state index contributed by atoms with van der Waals surface area (Å²) in [6.07, 6.45) is -12.7. The van der Waals surface area contributed by atoms with E-state index in [4.69, 9.17) is 23.7 Å². The monoisotopic (exact) mass is 634 g/mol. The molecule has 1 aliphatic heterocycles. The van der Waals surface area contributed by atoms with Crippen molar-refractivity contribution >= 4 is 23.9 Å². The first-order chi connectivity index (χ1) is 22.1. The second-order valence-corrected chi connectivity index (χ2v) is 9.98. The number of hydrogen-bond donors (Lipinski definition) is 0. The summed E-state index contributed by atoms with van der Waals surface area (Å²) >= 11 is 0. The van der Waals surface area contributed by atoms with Crippen LogP contribution in [0.25, 0.3) is 0 Å². The fourth-order valence-electron chi connectivity index (χ4n) is 4.70. The van der Waals surface area contributed by atoms with E-state index in [0.717, 1.165) is 0 Å². The molecule has 1 heterocycles. The quantitative estimate of drug-likeness (QED) is 0.166. The van der Waals surface area contributed by atoms with Crippen LogP contribution >= 0.6 is 0 Å². The molecule has 4 aromatic rings. The summed E-state index contributed by atoms with van der Waals surface area (Å²) in [5.74, 6) is -4.91. The number of benzene rings is 4. The van der Waals surface area contributed by atoms with Gasteiger partial charge in [-0.05, 0) is 48.5 Å². The maximum absolute atomic E-state index is 15.5. The minimum atomic E-state index is -5.58. The van der Waals surface area contributed by atoms with E-state index < -0.39 is 60.8 Å². The van der Waals surface area contributed by atoms with E-state index >= 15 is 13.2 Å². The highest BCUT2D eigenvalue weighted by molar-refractivity contribution is 5.92. The molecule has 0 unspecified atom stereocenters. The van der Waals surface area contributed by atoms with Crippen LogP contribution in [0.1, 0.15) is 41.4 Å². The summed E-state index contributed by atoms with van der Waals surface area (Å²) < 4.78 is 73.1. The SMILES string of the molecule is O=C(OC[C@H]1O[C@H](OC(=O)c2ccccc2)[C@@](OC(=O)c2ccccc2)(C(F)(F)F)[C@@H]1OC(=O)c1ccccc1)c1ccccc1. The lowest BCUT2D eigenvalue weighted by atomic mass is 9.93. The van der Waals surface area contributed by atoms with Crippen molar-refractivity contribution in [2.24, 2.45) is 0 Å². The third kappa shape index (κ3) is 6.76. The first-order valence-electron chi connectivity index (χ1n) is 13.8. The summed E-state index contributed by atoms with van der Waals surface area (Å²) in [4.78, 5) is 52.3. The molecule has 4 atom stereocenters. The van der Waals surface area contributed by atoms with Gasteiger partial charge in [-0.25, -0.2) is 19.2 Å². The Balaban J connectivity index is 1.58. The van der Waals surface area contributed by atoms with Crippen LogP contribution in [-0.2, 0) is 23.7 Å². The zero-order valence-electron chi connectivity index (χ0n) is 23.8. The van der Waals surface area contributed by atoms with Crippen LogP contribution in [0.2, 0.25) is 0 Å². The van der Waals surface area contributed by atoms with Crippen LogP contribution < -0.4 is 0 Å². The van der Waals surface area contributed by atoms with Gasteiger partial charge >= 0.3 is 35.7 Å². The third-order valence-electron chi connectivity index (χ3n) is 6.98. The Morgan fingerprint density at radius 1 is 0.587 bits per heavy atom. The summed E-state index contributed by atoms with van der Waals surface area (Å²) in [5.41, 5.74) is -4.42. The van der Waals surface area contributed by atoms with Crippen molar-refractivity contribution in [1.82, 2.24) is 0 Å². The fourth-order valence-corrected chi connectivity index (χ4v) is 4.70. The minimum Gasteiger partial charge on any atom is -0.459 e. The molecule has 4 aromatic carbocycles. The molecule has 12 heteroatoms. The Bertz CT molecular complexity index is 1670. The largest absolute Gasteiger partial charge is 0.459 e. The van der Waals surface area contributed by atoms with Gasteiger partial charge < -0.3 is 23.7 Å². The van der Waals surface area contributed by atoms with Gasteiger partial charge in [0.25, 0.3) is 6.29 Å².